The van der Waals surface area contributed by atoms with E-state index >= 15 is 0 Å². The molecule has 6 heteroatoms. The van der Waals surface area contributed by atoms with E-state index in [1.807, 2.05) is 55.5 Å². The Morgan fingerprint density at radius 3 is 2.25 bits per heavy atom. The Bertz CT molecular complexity index is 812. The first kappa shape index (κ1) is 21.2. The maximum Gasteiger partial charge on any atom is 0.240 e. The fraction of sp³-hybridized carbons (Fsp3) is 0.318. The Kier molecular flexibility index (Phi) is 8.21. The van der Waals surface area contributed by atoms with Gasteiger partial charge in [-0.3, -0.25) is 9.59 Å². The smallest absolute Gasteiger partial charge is 0.240 e. The topological polar surface area (TPSA) is 73.8 Å². The van der Waals surface area contributed by atoms with Crippen LogP contribution in [0.2, 0.25) is 0 Å². The van der Waals surface area contributed by atoms with Crippen LogP contribution in [0.15, 0.2) is 53.6 Å². The van der Waals surface area contributed by atoms with Crippen LogP contribution < -0.4 is 15.6 Å². The monoisotopic (exact) mass is 380 g/mol. The fourth-order valence-electron chi connectivity index (χ4n) is 2.75. The summed E-state index contributed by atoms with van der Waals surface area (Å²) in [7, 11) is 0. The third kappa shape index (κ3) is 6.54. The molecule has 0 bridgehead atoms. The van der Waals surface area contributed by atoms with E-state index in [0.717, 1.165) is 35.6 Å². The lowest BCUT2D eigenvalue weighted by molar-refractivity contribution is -0.124. The summed E-state index contributed by atoms with van der Waals surface area (Å²) in [6, 6.07) is 15.5. The minimum atomic E-state index is -0.295. The van der Waals surface area contributed by atoms with Crippen molar-refractivity contribution in [3.8, 4) is 0 Å². The molecule has 0 spiro atoms. The average molecular weight is 380 g/mol. The molecule has 28 heavy (non-hydrogen) atoms. The first-order valence-corrected chi connectivity index (χ1v) is 9.55. The van der Waals surface area contributed by atoms with Crippen LogP contribution in [0, 0.1) is 6.92 Å². The molecule has 2 N–H and O–H groups in total. The lowest BCUT2D eigenvalue weighted by Crippen LogP contribution is -2.21. The van der Waals surface area contributed by atoms with E-state index in [0.29, 0.717) is 0 Å². The first-order valence-electron chi connectivity index (χ1n) is 9.55. The summed E-state index contributed by atoms with van der Waals surface area (Å²) in [4.78, 5) is 26.1. The second-order valence-corrected chi connectivity index (χ2v) is 6.42. The average Bonchev–Trinajstić information content (AvgIpc) is 2.70. The first-order chi connectivity index (χ1) is 13.5. The Morgan fingerprint density at radius 2 is 1.61 bits per heavy atom. The van der Waals surface area contributed by atoms with Gasteiger partial charge in [-0.25, -0.2) is 5.43 Å². The van der Waals surface area contributed by atoms with Crippen LogP contribution in [0.5, 0.6) is 0 Å². The van der Waals surface area contributed by atoms with E-state index in [9.17, 15) is 9.59 Å². The van der Waals surface area contributed by atoms with Gasteiger partial charge >= 0.3 is 0 Å². The summed E-state index contributed by atoms with van der Waals surface area (Å²) >= 11 is 0. The molecule has 0 aromatic heterocycles. The number of amides is 2. The van der Waals surface area contributed by atoms with E-state index in [4.69, 9.17) is 0 Å². The van der Waals surface area contributed by atoms with Gasteiger partial charge in [-0.05, 0) is 50.1 Å². The molecule has 0 saturated carbocycles. The highest BCUT2D eigenvalue weighted by Gasteiger charge is 2.07. The second-order valence-electron chi connectivity index (χ2n) is 6.42. The summed E-state index contributed by atoms with van der Waals surface area (Å²) in [5.41, 5.74) is 6.26. The third-order valence-corrected chi connectivity index (χ3v) is 4.42. The zero-order valence-corrected chi connectivity index (χ0v) is 16.7. The van der Waals surface area contributed by atoms with Crippen molar-refractivity contribution in [3.05, 3.63) is 59.7 Å². The SMILES string of the molecule is CCN(CC)c1ccc(/C=N/NC(=O)CCC(=O)Nc2ccccc2C)cc1. The van der Waals surface area contributed by atoms with Gasteiger partial charge < -0.3 is 10.2 Å². The van der Waals surface area contributed by atoms with Gasteiger partial charge in [-0.15, -0.1) is 0 Å². The Labute approximate surface area is 166 Å². The number of hydrogen-bond acceptors (Lipinski definition) is 4. The van der Waals surface area contributed by atoms with Crippen LogP contribution in [0.1, 0.15) is 37.8 Å². The molecular weight excluding hydrogens is 352 g/mol. The predicted octanol–water partition coefficient (Wildman–Crippen LogP) is 3.71. The van der Waals surface area contributed by atoms with Gasteiger partial charge in [0.1, 0.15) is 0 Å². The van der Waals surface area contributed by atoms with Gasteiger partial charge in [-0.2, -0.15) is 5.10 Å². The minimum Gasteiger partial charge on any atom is -0.372 e. The largest absolute Gasteiger partial charge is 0.372 e. The van der Waals surface area contributed by atoms with Crippen LogP contribution in [0.4, 0.5) is 11.4 Å². The lowest BCUT2D eigenvalue weighted by Gasteiger charge is -2.20. The summed E-state index contributed by atoms with van der Waals surface area (Å²) in [5, 5.41) is 6.77. The molecule has 0 radical (unpaired) electrons. The molecule has 148 valence electrons. The van der Waals surface area contributed by atoms with E-state index in [1.165, 1.54) is 0 Å². The van der Waals surface area contributed by atoms with Gasteiger partial charge in [0.2, 0.25) is 11.8 Å². The minimum absolute atomic E-state index is 0.0793. The maximum atomic E-state index is 12.0. The van der Waals surface area contributed by atoms with Gasteiger partial charge in [0.05, 0.1) is 6.21 Å². The molecule has 2 aromatic carbocycles. The fourth-order valence-corrected chi connectivity index (χ4v) is 2.75. The summed E-state index contributed by atoms with van der Waals surface area (Å²) < 4.78 is 0. The number of nitrogens with zero attached hydrogens (tertiary/aromatic N) is 2. The van der Waals surface area contributed by atoms with Crippen molar-refractivity contribution in [3.63, 3.8) is 0 Å². The Morgan fingerprint density at radius 1 is 0.964 bits per heavy atom. The van der Waals surface area contributed by atoms with Crippen molar-refractivity contribution in [2.75, 3.05) is 23.3 Å². The van der Waals surface area contributed by atoms with Crippen LogP contribution >= 0.6 is 0 Å². The highest BCUT2D eigenvalue weighted by molar-refractivity contribution is 5.94. The molecular formula is C22H28N4O2. The number of aryl methyl sites for hydroxylation is 1. The van der Waals surface area contributed by atoms with Gasteiger partial charge in [0.15, 0.2) is 0 Å². The number of hydrazone groups is 1. The van der Waals surface area contributed by atoms with Gasteiger partial charge in [0, 0.05) is 37.3 Å². The van der Waals surface area contributed by atoms with Crippen LogP contribution in [-0.4, -0.2) is 31.1 Å². The molecule has 0 saturated heterocycles. The molecule has 6 nitrogen and oxygen atoms in total. The number of carbonyl (C=O) groups excluding carboxylic acids is 2. The Hall–Kier alpha value is -3.15. The van der Waals surface area contributed by atoms with Crippen LogP contribution in [0.3, 0.4) is 0 Å². The zero-order valence-electron chi connectivity index (χ0n) is 16.7. The van der Waals surface area contributed by atoms with E-state index < -0.39 is 0 Å². The highest BCUT2D eigenvalue weighted by Crippen LogP contribution is 2.14. The standard InChI is InChI=1S/C22H28N4O2/c1-4-26(5-2)19-12-10-18(11-13-19)16-23-25-22(28)15-14-21(27)24-20-9-7-6-8-17(20)3/h6-13,16H,4-5,14-15H2,1-3H3,(H,24,27)(H,25,28)/b23-16+. The molecule has 0 atom stereocenters. The second kappa shape index (κ2) is 10.9. The Balaban J connectivity index is 1.76. The van der Waals surface area contributed by atoms with Crippen LogP contribution in [0.25, 0.3) is 0 Å². The molecule has 2 rings (SSSR count). The zero-order chi connectivity index (χ0) is 20.4. The van der Waals surface area contributed by atoms with E-state index in [1.54, 1.807) is 6.21 Å². The number of para-hydroxylation sites is 1. The highest BCUT2D eigenvalue weighted by atomic mass is 16.2. The number of rotatable bonds is 9. The number of carbonyl (C=O) groups is 2. The van der Waals surface area contributed by atoms with E-state index in [2.05, 4.69) is 34.6 Å². The van der Waals surface area contributed by atoms with Crippen molar-refractivity contribution in [2.45, 2.75) is 33.6 Å². The van der Waals surface area contributed by atoms with Crippen molar-refractivity contribution < 1.29 is 9.59 Å². The predicted molar refractivity (Wildman–Crippen MR) is 115 cm³/mol. The van der Waals surface area contributed by atoms with Gasteiger partial charge in [0.25, 0.3) is 0 Å². The number of nitrogens with one attached hydrogen (secondary N) is 2. The summed E-state index contributed by atoms with van der Waals surface area (Å²) in [6.07, 6.45) is 1.78. The molecule has 0 aliphatic carbocycles. The molecule has 0 aliphatic heterocycles. The normalized spacial score (nSPS) is 10.7. The van der Waals surface area contributed by atoms with Crippen molar-refractivity contribution in [2.24, 2.45) is 5.10 Å². The van der Waals surface area contributed by atoms with Crippen molar-refractivity contribution in [1.29, 1.82) is 0 Å². The van der Waals surface area contributed by atoms with E-state index in [-0.39, 0.29) is 24.7 Å². The molecule has 0 unspecified atom stereocenters. The summed E-state index contributed by atoms with van der Waals surface area (Å²) in [5.74, 6) is -0.489. The number of anilines is 2. The van der Waals surface area contributed by atoms with Crippen LogP contribution in [-0.2, 0) is 9.59 Å². The number of hydrogen-bond donors (Lipinski definition) is 2. The van der Waals surface area contributed by atoms with Crippen molar-refractivity contribution in [1.82, 2.24) is 5.43 Å². The molecule has 0 aliphatic rings. The summed E-state index contributed by atoms with van der Waals surface area (Å²) in [6.45, 7) is 8.08. The van der Waals surface area contributed by atoms with Crippen molar-refractivity contribution >= 4 is 29.4 Å². The molecule has 0 fully saturated rings. The third-order valence-electron chi connectivity index (χ3n) is 4.42. The molecule has 2 aromatic rings. The maximum absolute atomic E-state index is 12.0. The lowest BCUT2D eigenvalue weighted by atomic mass is 10.2. The molecule has 2 amide bonds. The molecule has 0 heterocycles. The quantitative estimate of drug-likeness (QED) is 0.514. The number of benzene rings is 2. The van der Waals surface area contributed by atoms with Gasteiger partial charge in [-0.1, -0.05) is 30.3 Å².